The minimum Gasteiger partial charge on any atom is -0.488 e. The molecule has 2 rings (SSSR count). The molecule has 0 aliphatic carbocycles. The molecule has 2 aromatic rings. The summed E-state index contributed by atoms with van der Waals surface area (Å²) in [4.78, 5) is 0.0140. The molecule has 0 saturated carbocycles. The molecule has 0 aliphatic heterocycles. The Bertz CT molecular complexity index is 796. The van der Waals surface area contributed by atoms with E-state index in [1.54, 1.807) is 24.3 Å². The van der Waals surface area contributed by atoms with Crippen LogP contribution in [0.2, 0.25) is 0 Å². The third kappa shape index (κ3) is 4.04. The summed E-state index contributed by atoms with van der Waals surface area (Å²) in [6.45, 7) is 0.305. The van der Waals surface area contributed by atoms with Crippen molar-refractivity contribution in [2.45, 2.75) is 11.5 Å². The normalized spacial score (nSPS) is 10.9. The number of halogens is 1. The largest absolute Gasteiger partial charge is 0.488 e. The SMILES string of the molecule is N#Cc1ccc(COc2ccc(S(N)(=O)=O)cc2Br)cc1. The molecular formula is C14H11BrN2O3S. The fraction of sp³-hybridized carbons (Fsp3) is 0.0714. The van der Waals surface area contributed by atoms with Crippen LogP contribution in [0.1, 0.15) is 11.1 Å². The van der Waals surface area contributed by atoms with Crippen molar-refractivity contribution in [1.82, 2.24) is 0 Å². The minimum absolute atomic E-state index is 0.0140. The molecule has 0 saturated heterocycles. The van der Waals surface area contributed by atoms with Crippen LogP contribution in [0.3, 0.4) is 0 Å². The van der Waals surface area contributed by atoms with Crippen molar-refractivity contribution < 1.29 is 13.2 Å². The average molecular weight is 367 g/mol. The highest BCUT2D eigenvalue weighted by Crippen LogP contribution is 2.28. The highest BCUT2D eigenvalue weighted by molar-refractivity contribution is 9.10. The van der Waals surface area contributed by atoms with Crippen LogP contribution in [-0.4, -0.2) is 8.42 Å². The van der Waals surface area contributed by atoms with Gasteiger partial charge in [0.1, 0.15) is 12.4 Å². The molecule has 0 fully saturated rings. The van der Waals surface area contributed by atoms with Gasteiger partial charge in [0.2, 0.25) is 10.0 Å². The summed E-state index contributed by atoms with van der Waals surface area (Å²) >= 11 is 3.25. The molecule has 2 N–H and O–H groups in total. The van der Waals surface area contributed by atoms with E-state index in [1.165, 1.54) is 18.2 Å². The molecule has 0 spiro atoms. The molecular weight excluding hydrogens is 356 g/mol. The zero-order chi connectivity index (χ0) is 15.5. The third-order valence-corrected chi connectivity index (χ3v) is 4.24. The molecule has 0 aromatic heterocycles. The van der Waals surface area contributed by atoms with E-state index >= 15 is 0 Å². The molecule has 0 bridgehead atoms. The Labute approximate surface area is 131 Å². The lowest BCUT2D eigenvalue weighted by Crippen LogP contribution is -2.12. The fourth-order valence-corrected chi connectivity index (χ4v) is 2.80. The van der Waals surface area contributed by atoms with Crippen molar-refractivity contribution in [3.63, 3.8) is 0 Å². The first-order valence-corrected chi connectivity index (χ1v) is 8.18. The number of nitriles is 1. The van der Waals surface area contributed by atoms with E-state index in [1.807, 2.05) is 6.07 Å². The Kier molecular flexibility index (Phi) is 4.63. The van der Waals surface area contributed by atoms with Crippen LogP contribution in [0, 0.1) is 11.3 Å². The number of nitrogens with zero attached hydrogens (tertiary/aromatic N) is 1. The average Bonchev–Trinajstić information content (AvgIpc) is 2.45. The molecule has 108 valence electrons. The maximum atomic E-state index is 11.2. The minimum atomic E-state index is -3.73. The number of sulfonamides is 1. The van der Waals surface area contributed by atoms with E-state index in [2.05, 4.69) is 15.9 Å². The van der Waals surface area contributed by atoms with E-state index in [0.29, 0.717) is 22.4 Å². The van der Waals surface area contributed by atoms with Crippen molar-refractivity contribution >= 4 is 26.0 Å². The van der Waals surface area contributed by atoms with Gasteiger partial charge in [-0.05, 0) is 51.8 Å². The van der Waals surface area contributed by atoms with Crippen molar-refractivity contribution in [1.29, 1.82) is 5.26 Å². The topological polar surface area (TPSA) is 93.2 Å². The van der Waals surface area contributed by atoms with Gasteiger partial charge < -0.3 is 4.74 Å². The van der Waals surface area contributed by atoms with Crippen molar-refractivity contribution in [3.05, 3.63) is 58.1 Å². The maximum Gasteiger partial charge on any atom is 0.238 e. The zero-order valence-corrected chi connectivity index (χ0v) is 13.2. The van der Waals surface area contributed by atoms with Crippen molar-refractivity contribution in [2.24, 2.45) is 5.14 Å². The standard InChI is InChI=1S/C14H11BrN2O3S/c15-13-7-12(21(17,18)19)5-6-14(13)20-9-11-3-1-10(8-16)2-4-11/h1-7H,9H2,(H2,17,18,19). The van der Waals surface area contributed by atoms with Gasteiger partial charge in [-0.1, -0.05) is 12.1 Å². The highest BCUT2D eigenvalue weighted by atomic mass is 79.9. The molecule has 0 amide bonds. The first-order chi connectivity index (χ1) is 9.90. The van der Waals surface area contributed by atoms with E-state index in [-0.39, 0.29) is 4.90 Å². The fourth-order valence-electron chi connectivity index (χ4n) is 1.61. The van der Waals surface area contributed by atoms with Gasteiger partial charge in [-0.15, -0.1) is 0 Å². The molecule has 0 unspecified atom stereocenters. The monoisotopic (exact) mass is 366 g/mol. The maximum absolute atomic E-state index is 11.2. The van der Waals surface area contributed by atoms with Gasteiger partial charge >= 0.3 is 0 Å². The summed E-state index contributed by atoms with van der Waals surface area (Å²) in [5.41, 5.74) is 1.48. The summed E-state index contributed by atoms with van der Waals surface area (Å²) in [6.07, 6.45) is 0. The van der Waals surface area contributed by atoms with Crippen molar-refractivity contribution in [3.8, 4) is 11.8 Å². The van der Waals surface area contributed by atoms with Gasteiger partial charge in [-0.2, -0.15) is 5.26 Å². The predicted molar refractivity (Wildman–Crippen MR) is 81.0 cm³/mol. The predicted octanol–water partition coefficient (Wildman–Crippen LogP) is 2.55. The quantitative estimate of drug-likeness (QED) is 0.899. The van der Waals surface area contributed by atoms with Crippen molar-refractivity contribution in [2.75, 3.05) is 0 Å². The Morgan fingerprint density at radius 2 is 1.86 bits per heavy atom. The Morgan fingerprint density at radius 1 is 1.19 bits per heavy atom. The molecule has 0 radical (unpaired) electrons. The van der Waals surface area contributed by atoms with Gasteiger partial charge in [0.25, 0.3) is 0 Å². The van der Waals surface area contributed by atoms with Gasteiger partial charge in [0.05, 0.1) is 21.0 Å². The molecule has 0 aliphatic rings. The van der Waals surface area contributed by atoms with E-state index in [0.717, 1.165) is 5.56 Å². The smallest absolute Gasteiger partial charge is 0.238 e. The van der Waals surface area contributed by atoms with E-state index in [9.17, 15) is 8.42 Å². The lowest BCUT2D eigenvalue weighted by molar-refractivity contribution is 0.304. The summed E-state index contributed by atoms with van der Waals surface area (Å²) in [7, 11) is -3.73. The number of rotatable bonds is 4. The van der Waals surface area contributed by atoms with Gasteiger partial charge in [-0.3, -0.25) is 0 Å². The second-order valence-electron chi connectivity index (χ2n) is 4.23. The molecule has 5 nitrogen and oxygen atoms in total. The van der Waals surface area contributed by atoms with Crippen LogP contribution < -0.4 is 9.88 Å². The Hall–Kier alpha value is -1.88. The first-order valence-electron chi connectivity index (χ1n) is 5.84. The summed E-state index contributed by atoms with van der Waals surface area (Å²) in [5.74, 6) is 0.506. The molecule has 21 heavy (non-hydrogen) atoms. The van der Waals surface area contributed by atoms with Gasteiger partial charge in [-0.25, -0.2) is 13.6 Å². The third-order valence-electron chi connectivity index (χ3n) is 2.71. The zero-order valence-electron chi connectivity index (χ0n) is 10.8. The number of primary sulfonamides is 1. The van der Waals surface area contributed by atoms with Gasteiger partial charge in [0, 0.05) is 0 Å². The Morgan fingerprint density at radius 3 is 2.38 bits per heavy atom. The number of hydrogen-bond donors (Lipinski definition) is 1. The van der Waals surface area contributed by atoms with Crippen LogP contribution in [-0.2, 0) is 16.6 Å². The second kappa shape index (κ2) is 6.26. The lowest BCUT2D eigenvalue weighted by Gasteiger charge is -2.09. The number of hydrogen-bond acceptors (Lipinski definition) is 4. The number of nitrogens with two attached hydrogens (primary N) is 1. The van der Waals surface area contributed by atoms with E-state index in [4.69, 9.17) is 15.1 Å². The summed E-state index contributed by atoms with van der Waals surface area (Å²) < 4.78 is 28.6. The summed E-state index contributed by atoms with van der Waals surface area (Å²) in [6, 6.07) is 13.4. The number of ether oxygens (including phenoxy) is 1. The Balaban J connectivity index is 2.11. The molecule has 2 aromatic carbocycles. The van der Waals surface area contributed by atoms with Crippen LogP contribution in [0.4, 0.5) is 0 Å². The van der Waals surface area contributed by atoms with Crippen LogP contribution in [0.5, 0.6) is 5.75 Å². The molecule has 7 heteroatoms. The van der Waals surface area contributed by atoms with Gasteiger partial charge in [0.15, 0.2) is 0 Å². The second-order valence-corrected chi connectivity index (χ2v) is 6.65. The molecule has 0 atom stereocenters. The summed E-state index contributed by atoms with van der Waals surface area (Å²) in [5, 5.41) is 13.8. The van der Waals surface area contributed by atoms with Crippen LogP contribution in [0.25, 0.3) is 0 Å². The van der Waals surface area contributed by atoms with E-state index < -0.39 is 10.0 Å². The van der Waals surface area contributed by atoms with Crippen LogP contribution in [0.15, 0.2) is 51.8 Å². The number of benzene rings is 2. The van der Waals surface area contributed by atoms with Crippen LogP contribution >= 0.6 is 15.9 Å². The lowest BCUT2D eigenvalue weighted by atomic mass is 10.2. The molecule has 0 heterocycles. The first kappa shape index (κ1) is 15.5. The highest BCUT2D eigenvalue weighted by Gasteiger charge is 2.11.